The second-order valence-corrected chi connectivity index (χ2v) is 9.29. The Morgan fingerprint density at radius 3 is 2.71 bits per heavy atom. The Hall–Kier alpha value is -1.71. The summed E-state index contributed by atoms with van der Waals surface area (Å²) < 4.78 is 5.25. The number of nitrogens with one attached hydrogen (secondary N) is 4. The van der Waals surface area contributed by atoms with E-state index in [0.717, 1.165) is 12.0 Å². The smallest absolute Gasteiger partial charge is 0.407 e. The maximum absolute atomic E-state index is 12.1. The van der Waals surface area contributed by atoms with Gasteiger partial charge in [0, 0.05) is 31.1 Å². The summed E-state index contributed by atoms with van der Waals surface area (Å²) in [4.78, 5) is 14.3. The van der Waals surface area contributed by atoms with Crippen LogP contribution in [0.4, 0.5) is 4.79 Å². The lowest BCUT2D eigenvalue weighted by atomic mass is 9.72. The number of aliphatic hydroxyl groups is 1. The number of carbonyl (C=O) groups is 1. The van der Waals surface area contributed by atoms with Crippen LogP contribution >= 0.6 is 0 Å². The highest BCUT2D eigenvalue weighted by atomic mass is 16.6. The SMILES string of the molecule is CNNNCC=CC1=CC(C)C2C(=C1)C(CNC(=O)OC(C)C)CC(C)N2C(C)(C)O. The first-order valence-electron chi connectivity index (χ1n) is 11.2. The fraction of sp³-hybridized carbons (Fsp3) is 0.696. The first kappa shape index (κ1) is 25.5. The molecule has 1 fully saturated rings. The monoisotopic (exact) mass is 435 g/mol. The van der Waals surface area contributed by atoms with Gasteiger partial charge in [-0.1, -0.05) is 31.2 Å². The molecule has 31 heavy (non-hydrogen) atoms. The fourth-order valence-corrected chi connectivity index (χ4v) is 4.77. The van der Waals surface area contributed by atoms with Crippen LogP contribution in [-0.2, 0) is 4.74 Å². The third-order valence-corrected chi connectivity index (χ3v) is 5.71. The maximum atomic E-state index is 12.1. The molecule has 0 aromatic carbocycles. The molecule has 4 unspecified atom stereocenters. The number of allylic oxidation sites excluding steroid dienone is 3. The van der Waals surface area contributed by atoms with Crippen molar-refractivity contribution in [2.75, 3.05) is 20.1 Å². The highest BCUT2D eigenvalue weighted by molar-refractivity contribution is 5.67. The quantitative estimate of drug-likeness (QED) is 0.280. The Kier molecular flexibility index (Phi) is 9.27. The van der Waals surface area contributed by atoms with Crippen LogP contribution in [0, 0.1) is 11.8 Å². The highest BCUT2D eigenvalue weighted by Gasteiger charge is 2.45. The van der Waals surface area contributed by atoms with Crippen molar-refractivity contribution in [1.29, 1.82) is 0 Å². The predicted octanol–water partition coefficient (Wildman–Crippen LogP) is 2.22. The molecule has 0 saturated carbocycles. The average molecular weight is 436 g/mol. The molecule has 4 atom stereocenters. The number of amides is 1. The highest BCUT2D eigenvalue weighted by Crippen LogP contribution is 2.42. The summed E-state index contributed by atoms with van der Waals surface area (Å²) in [5.74, 6) is 0.407. The average Bonchev–Trinajstić information content (AvgIpc) is 2.65. The molecule has 8 heteroatoms. The zero-order chi connectivity index (χ0) is 23.2. The largest absolute Gasteiger partial charge is 0.447 e. The second-order valence-electron chi connectivity index (χ2n) is 9.29. The van der Waals surface area contributed by atoms with E-state index in [1.165, 1.54) is 5.57 Å². The van der Waals surface area contributed by atoms with Crippen LogP contribution in [0.3, 0.4) is 0 Å². The van der Waals surface area contributed by atoms with Crippen LogP contribution < -0.4 is 21.7 Å². The van der Waals surface area contributed by atoms with E-state index in [1.807, 2.05) is 27.7 Å². The molecule has 0 spiro atoms. The summed E-state index contributed by atoms with van der Waals surface area (Å²) in [5.41, 5.74) is 10.2. The number of hydrogen-bond donors (Lipinski definition) is 5. The summed E-state index contributed by atoms with van der Waals surface area (Å²) in [7, 11) is 1.80. The third kappa shape index (κ3) is 7.15. The molecule has 0 aromatic heterocycles. The number of carbonyl (C=O) groups excluding carboxylic acids is 1. The summed E-state index contributed by atoms with van der Waals surface area (Å²) in [6.45, 7) is 12.9. The number of nitrogens with zero attached hydrogens (tertiary/aromatic N) is 1. The number of likely N-dealkylation sites (tertiary alicyclic amines) is 1. The van der Waals surface area contributed by atoms with Crippen molar-refractivity contribution in [1.82, 2.24) is 26.6 Å². The van der Waals surface area contributed by atoms with Gasteiger partial charge in [0.25, 0.3) is 0 Å². The van der Waals surface area contributed by atoms with Crippen molar-refractivity contribution < 1.29 is 14.6 Å². The topological polar surface area (TPSA) is 97.9 Å². The van der Waals surface area contributed by atoms with Gasteiger partial charge in [-0.15, -0.1) is 0 Å². The third-order valence-electron chi connectivity index (χ3n) is 5.71. The van der Waals surface area contributed by atoms with Gasteiger partial charge in [-0.3, -0.25) is 4.90 Å². The first-order valence-corrected chi connectivity index (χ1v) is 11.2. The van der Waals surface area contributed by atoms with Crippen molar-refractivity contribution >= 4 is 6.09 Å². The normalized spacial score (nSPS) is 27.1. The van der Waals surface area contributed by atoms with Gasteiger partial charge in [0.2, 0.25) is 0 Å². The van der Waals surface area contributed by atoms with E-state index in [1.54, 1.807) is 7.05 Å². The van der Waals surface area contributed by atoms with Crippen molar-refractivity contribution in [2.24, 2.45) is 11.8 Å². The van der Waals surface area contributed by atoms with Gasteiger partial charge in [-0.25, -0.2) is 15.6 Å². The van der Waals surface area contributed by atoms with E-state index in [0.29, 0.717) is 13.1 Å². The Balaban J connectivity index is 2.25. The molecule has 2 rings (SSSR count). The molecule has 1 amide bonds. The Morgan fingerprint density at radius 2 is 2.10 bits per heavy atom. The summed E-state index contributed by atoms with van der Waals surface area (Å²) in [6.07, 6.45) is 8.96. The fourth-order valence-electron chi connectivity index (χ4n) is 4.77. The van der Waals surface area contributed by atoms with Crippen molar-refractivity contribution in [3.8, 4) is 0 Å². The zero-order valence-corrected chi connectivity index (χ0v) is 20.0. The number of hydrazine groups is 2. The molecule has 176 valence electrons. The predicted molar refractivity (Wildman–Crippen MR) is 124 cm³/mol. The van der Waals surface area contributed by atoms with Gasteiger partial charge in [0.05, 0.1) is 6.10 Å². The van der Waals surface area contributed by atoms with Crippen molar-refractivity contribution in [3.63, 3.8) is 0 Å². The second kappa shape index (κ2) is 11.2. The molecule has 5 N–H and O–H groups in total. The van der Waals surface area contributed by atoms with Gasteiger partial charge in [0.1, 0.15) is 5.72 Å². The molecule has 1 heterocycles. The molecule has 0 aromatic rings. The van der Waals surface area contributed by atoms with Gasteiger partial charge >= 0.3 is 6.09 Å². The van der Waals surface area contributed by atoms with Crippen LogP contribution in [-0.4, -0.2) is 60.1 Å². The van der Waals surface area contributed by atoms with Crippen LogP contribution in [0.2, 0.25) is 0 Å². The van der Waals surface area contributed by atoms with E-state index in [4.69, 9.17) is 4.74 Å². The molecule has 0 radical (unpaired) electrons. The number of rotatable bonds is 9. The minimum Gasteiger partial charge on any atom is -0.447 e. The lowest BCUT2D eigenvalue weighted by Gasteiger charge is -2.53. The number of alkyl carbamates (subject to hydrolysis) is 1. The Morgan fingerprint density at radius 1 is 1.39 bits per heavy atom. The van der Waals surface area contributed by atoms with Gasteiger partial charge in [0.15, 0.2) is 0 Å². The first-order chi connectivity index (χ1) is 14.5. The standard InChI is InChI=1S/C23H41N5O3/c1-15(2)31-22(29)25-14-19-12-17(4)28(23(5,6)30)21-16(3)11-18(13-20(19)21)9-8-10-26-27-24-7/h8-9,11,13,15-17,19,21,24,26-27,30H,10,12,14H2,1-7H3,(H,25,29). The van der Waals surface area contributed by atoms with E-state index in [-0.39, 0.29) is 36.1 Å². The lowest BCUT2D eigenvalue weighted by molar-refractivity contribution is -0.134. The summed E-state index contributed by atoms with van der Waals surface area (Å²) in [6, 6.07) is 0.262. The lowest BCUT2D eigenvalue weighted by Crippen LogP contribution is -2.61. The zero-order valence-electron chi connectivity index (χ0n) is 20.0. The molecule has 1 aliphatic heterocycles. The van der Waals surface area contributed by atoms with E-state index >= 15 is 0 Å². The van der Waals surface area contributed by atoms with E-state index < -0.39 is 5.72 Å². The number of hydrogen-bond acceptors (Lipinski definition) is 7. The van der Waals surface area contributed by atoms with Crippen LogP contribution in [0.15, 0.2) is 35.5 Å². The molecule has 1 aliphatic carbocycles. The van der Waals surface area contributed by atoms with Gasteiger partial charge in [-0.05, 0) is 65.2 Å². The maximum Gasteiger partial charge on any atom is 0.407 e. The Bertz CT molecular complexity index is 696. The number of ether oxygens (including phenoxy) is 1. The van der Waals surface area contributed by atoms with Gasteiger partial charge < -0.3 is 15.2 Å². The molecular weight excluding hydrogens is 394 g/mol. The number of fused-ring (bicyclic) bond motifs is 1. The van der Waals surface area contributed by atoms with Crippen LogP contribution in [0.1, 0.15) is 48.0 Å². The minimum atomic E-state index is -0.934. The summed E-state index contributed by atoms with van der Waals surface area (Å²) >= 11 is 0. The molecule has 0 bridgehead atoms. The van der Waals surface area contributed by atoms with Crippen molar-refractivity contribution in [2.45, 2.75) is 71.9 Å². The van der Waals surface area contributed by atoms with E-state index in [9.17, 15) is 9.90 Å². The summed E-state index contributed by atoms with van der Waals surface area (Å²) in [5, 5.41) is 13.9. The molecular formula is C23H41N5O3. The van der Waals surface area contributed by atoms with E-state index in [2.05, 4.69) is 64.8 Å². The number of piperidine rings is 1. The van der Waals surface area contributed by atoms with Crippen molar-refractivity contribution in [3.05, 3.63) is 35.5 Å². The van der Waals surface area contributed by atoms with Crippen LogP contribution in [0.5, 0.6) is 0 Å². The molecule has 2 aliphatic rings. The molecule has 8 nitrogen and oxygen atoms in total. The molecule has 1 saturated heterocycles. The Labute approximate surface area is 187 Å². The minimum absolute atomic E-state index is 0.0814. The van der Waals surface area contributed by atoms with Gasteiger partial charge in [-0.2, -0.15) is 5.53 Å². The van der Waals surface area contributed by atoms with Crippen LogP contribution in [0.25, 0.3) is 0 Å².